The highest BCUT2D eigenvalue weighted by molar-refractivity contribution is 7.80. The lowest BCUT2D eigenvalue weighted by atomic mass is 9.79. The Morgan fingerprint density at radius 1 is 1.36 bits per heavy atom. The van der Waals surface area contributed by atoms with Crippen LogP contribution in [-0.2, 0) is 0 Å². The van der Waals surface area contributed by atoms with Crippen molar-refractivity contribution < 1.29 is 9.84 Å². The van der Waals surface area contributed by atoms with E-state index in [0.29, 0.717) is 28.4 Å². The molecule has 3 aliphatic rings. The SMILES string of the molecule is COc1cccc(/C=N/NC(=S)N[C@@H]2C[C@@H]3C[C@H]2[C@H]2C=CC[C@H]32)c1O. The maximum atomic E-state index is 10.0. The summed E-state index contributed by atoms with van der Waals surface area (Å²) in [5.74, 6) is 3.63. The molecule has 2 fully saturated rings. The van der Waals surface area contributed by atoms with Crippen LogP contribution in [0.2, 0.25) is 0 Å². The minimum absolute atomic E-state index is 0.0709. The molecule has 4 rings (SSSR count). The van der Waals surface area contributed by atoms with E-state index in [1.54, 1.807) is 24.4 Å². The van der Waals surface area contributed by atoms with Gasteiger partial charge in [0.2, 0.25) is 0 Å². The summed E-state index contributed by atoms with van der Waals surface area (Å²) in [7, 11) is 1.52. The number of benzene rings is 1. The van der Waals surface area contributed by atoms with Crippen LogP contribution in [0.15, 0.2) is 35.5 Å². The predicted molar refractivity (Wildman–Crippen MR) is 102 cm³/mol. The highest BCUT2D eigenvalue weighted by Gasteiger charge is 2.52. The average Bonchev–Trinajstić information content (AvgIpc) is 3.29. The average molecular weight is 357 g/mol. The van der Waals surface area contributed by atoms with Crippen molar-refractivity contribution in [1.29, 1.82) is 0 Å². The Morgan fingerprint density at radius 2 is 2.24 bits per heavy atom. The summed E-state index contributed by atoms with van der Waals surface area (Å²) in [6, 6.07) is 5.71. The Bertz CT molecular complexity index is 733. The Morgan fingerprint density at radius 3 is 3.08 bits per heavy atom. The lowest BCUT2D eigenvalue weighted by Crippen LogP contribution is -2.45. The first-order valence-corrected chi connectivity index (χ1v) is 9.20. The van der Waals surface area contributed by atoms with Crippen molar-refractivity contribution in [3.63, 3.8) is 0 Å². The van der Waals surface area contributed by atoms with Crippen molar-refractivity contribution in [3.05, 3.63) is 35.9 Å². The van der Waals surface area contributed by atoms with Crippen LogP contribution >= 0.6 is 12.2 Å². The molecule has 25 heavy (non-hydrogen) atoms. The number of aromatic hydroxyl groups is 1. The summed E-state index contributed by atoms with van der Waals surface area (Å²) < 4.78 is 5.09. The lowest BCUT2D eigenvalue weighted by Gasteiger charge is -2.32. The van der Waals surface area contributed by atoms with Crippen LogP contribution in [0.25, 0.3) is 0 Å². The first-order valence-electron chi connectivity index (χ1n) is 8.79. The molecule has 0 saturated heterocycles. The molecule has 5 atom stereocenters. The number of rotatable bonds is 4. The summed E-state index contributed by atoms with van der Waals surface area (Å²) >= 11 is 5.38. The summed E-state index contributed by atoms with van der Waals surface area (Å²) in [6.45, 7) is 0. The number of hydrogen-bond donors (Lipinski definition) is 3. The molecule has 0 spiro atoms. The van der Waals surface area contributed by atoms with Gasteiger partial charge in [-0.3, -0.25) is 5.43 Å². The van der Waals surface area contributed by atoms with E-state index in [1.807, 2.05) is 0 Å². The van der Waals surface area contributed by atoms with Gasteiger partial charge in [0.15, 0.2) is 16.6 Å². The van der Waals surface area contributed by atoms with Gasteiger partial charge in [0.05, 0.1) is 13.3 Å². The smallest absolute Gasteiger partial charge is 0.187 e. The van der Waals surface area contributed by atoms with Crippen molar-refractivity contribution in [2.75, 3.05) is 7.11 Å². The number of allylic oxidation sites excluding steroid dienone is 2. The van der Waals surface area contributed by atoms with Gasteiger partial charge < -0.3 is 15.2 Å². The summed E-state index contributed by atoms with van der Waals surface area (Å²) in [4.78, 5) is 0. The van der Waals surface area contributed by atoms with E-state index >= 15 is 0 Å². The fraction of sp³-hybridized carbons (Fsp3) is 0.474. The second-order valence-corrected chi connectivity index (χ2v) is 7.56. The molecule has 3 N–H and O–H groups in total. The minimum Gasteiger partial charge on any atom is -0.504 e. The number of phenols is 1. The molecule has 0 amide bonds. The second kappa shape index (κ2) is 6.67. The van der Waals surface area contributed by atoms with E-state index in [1.165, 1.54) is 26.4 Å². The Balaban J connectivity index is 1.32. The van der Waals surface area contributed by atoms with Crippen LogP contribution in [0.1, 0.15) is 24.8 Å². The molecule has 0 heterocycles. The van der Waals surface area contributed by atoms with E-state index in [4.69, 9.17) is 17.0 Å². The van der Waals surface area contributed by atoms with Gasteiger partial charge in [-0.25, -0.2) is 0 Å². The van der Waals surface area contributed by atoms with Gasteiger partial charge in [-0.05, 0) is 67.3 Å². The largest absolute Gasteiger partial charge is 0.504 e. The molecule has 6 heteroatoms. The molecule has 5 nitrogen and oxygen atoms in total. The summed E-state index contributed by atoms with van der Waals surface area (Å²) in [5, 5.41) is 18.2. The zero-order valence-electron chi connectivity index (χ0n) is 14.2. The highest BCUT2D eigenvalue weighted by Crippen LogP contribution is 2.56. The molecule has 2 bridgehead atoms. The standard InChI is InChI=1S/C19H23N3O2S/c1-24-17-7-2-4-11(18(17)23)10-20-22-19(25)21-16-9-12-8-15(16)14-6-3-5-13(12)14/h2-4,6-7,10,12-16,23H,5,8-9H2,1H3,(H2,21,22,25)/b20-10+/t12-,13+,14-,15-,16+/m0/s1. The molecular formula is C19H23N3O2S. The van der Waals surface area contributed by atoms with Crippen LogP contribution in [0, 0.1) is 23.7 Å². The van der Waals surface area contributed by atoms with Gasteiger partial charge in [0, 0.05) is 11.6 Å². The van der Waals surface area contributed by atoms with Crippen LogP contribution in [0.4, 0.5) is 0 Å². The van der Waals surface area contributed by atoms with Gasteiger partial charge in [0.1, 0.15) is 0 Å². The number of fused-ring (bicyclic) bond motifs is 5. The number of nitrogens with one attached hydrogen (secondary N) is 2. The lowest BCUT2D eigenvalue weighted by molar-refractivity contribution is 0.246. The molecule has 0 aliphatic heterocycles. The number of ether oxygens (including phenoxy) is 1. The van der Waals surface area contributed by atoms with Crippen molar-refractivity contribution in [2.45, 2.75) is 25.3 Å². The van der Waals surface area contributed by atoms with E-state index in [9.17, 15) is 5.11 Å². The number of para-hydroxylation sites is 1. The molecule has 0 unspecified atom stereocenters. The van der Waals surface area contributed by atoms with Gasteiger partial charge >= 0.3 is 0 Å². The van der Waals surface area contributed by atoms with Gasteiger partial charge in [-0.2, -0.15) is 5.10 Å². The van der Waals surface area contributed by atoms with E-state index in [0.717, 1.165) is 17.8 Å². The third-order valence-corrected chi connectivity index (χ3v) is 6.15. The van der Waals surface area contributed by atoms with Crippen molar-refractivity contribution >= 4 is 23.5 Å². The third kappa shape index (κ3) is 2.99. The number of hydrazone groups is 1. The van der Waals surface area contributed by atoms with Crippen molar-refractivity contribution in [2.24, 2.45) is 28.8 Å². The summed E-state index contributed by atoms with van der Waals surface area (Å²) in [6.07, 6.45) is 10.1. The Kier molecular flexibility index (Phi) is 4.37. The van der Waals surface area contributed by atoms with Gasteiger partial charge in [-0.15, -0.1) is 0 Å². The van der Waals surface area contributed by atoms with Crippen molar-refractivity contribution in [1.82, 2.24) is 10.7 Å². The zero-order valence-corrected chi connectivity index (χ0v) is 15.0. The molecule has 0 radical (unpaired) electrons. The number of nitrogens with zero attached hydrogens (tertiary/aromatic N) is 1. The first kappa shape index (κ1) is 16.4. The van der Waals surface area contributed by atoms with Crippen LogP contribution in [0.5, 0.6) is 11.5 Å². The molecule has 2 saturated carbocycles. The summed E-state index contributed by atoms with van der Waals surface area (Å²) in [5.41, 5.74) is 3.44. The first-order chi connectivity index (χ1) is 12.2. The monoisotopic (exact) mass is 357 g/mol. The van der Waals surface area contributed by atoms with Crippen LogP contribution < -0.4 is 15.5 Å². The second-order valence-electron chi connectivity index (χ2n) is 7.15. The molecule has 1 aromatic rings. The Labute approximate surface area is 153 Å². The zero-order chi connectivity index (χ0) is 17.4. The number of phenolic OH excluding ortho intramolecular Hbond substituents is 1. The number of methoxy groups -OCH3 is 1. The minimum atomic E-state index is 0.0709. The number of hydrogen-bond acceptors (Lipinski definition) is 4. The molecule has 3 aliphatic carbocycles. The molecular weight excluding hydrogens is 334 g/mol. The topological polar surface area (TPSA) is 65.9 Å². The number of thiocarbonyl (C=S) groups is 1. The van der Waals surface area contributed by atoms with E-state index in [-0.39, 0.29) is 5.75 Å². The fourth-order valence-electron chi connectivity index (χ4n) is 4.88. The van der Waals surface area contributed by atoms with Gasteiger partial charge in [-0.1, -0.05) is 18.2 Å². The molecule has 132 valence electrons. The predicted octanol–water partition coefficient (Wildman–Crippen LogP) is 2.80. The van der Waals surface area contributed by atoms with E-state index < -0.39 is 0 Å². The normalized spacial score (nSPS) is 32.1. The maximum Gasteiger partial charge on any atom is 0.187 e. The fourth-order valence-corrected chi connectivity index (χ4v) is 5.08. The Hall–Kier alpha value is -2.08. The molecule has 1 aromatic carbocycles. The highest BCUT2D eigenvalue weighted by atomic mass is 32.1. The quantitative estimate of drug-likeness (QED) is 0.335. The van der Waals surface area contributed by atoms with Crippen molar-refractivity contribution in [3.8, 4) is 11.5 Å². The third-order valence-electron chi connectivity index (χ3n) is 5.95. The van der Waals surface area contributed by atoms with Crippen LogP contribution in [0.3, 0.4) is 0 Å². The maximum absolute atomic E-state index is 10.0. The van der Waals surface area contributed by atoms with E-state index in [2.05, 4.69) is 28.0 Å². The van der Waals surface area contributed by atoms with Crippen LogP contribution in [-0.4, -0.2) is 29.6 Å². The van der Waals surface area contributed by atoms with Gasteiger partial charge in [0.25, 0.3) is 0 Å². The molecule has 0 aromatic heterocycles.